The summed E-state index contributed by atoms with van der Waals surface area (Å²) in [7, 11) is -1.25. The van der Waals surface area contributed by atoms with E-state index >= 15 is 0 Å². The van der Waals surface area contributed by atoms with Crippen molar-refractivity contribution in [1.82, 2.24) is 0 Å². The molecule has 17 heavy (non-hydrogen) atoms. The Morgan fingerprint density at radius 1 is 1.29 bits per heavy atom. The molecule has 1 spiro atoms. The van der Waals surface area contributed by atoms with E-state index in [1.165, 1.54) is 5.57 Å². The molecule has 0 bridgehead atoms. The van der Waals surface area contributed by atoms with Crippen LogP contribution in [-0.2, 0) is 9.47 Å². The lowest BCUT2D eigenvalue weighted by Crippen LogP contribution is -2.52. The van der Waals surface area contributed by atoms with Gasteiger partial charge in [0.2, 0.25) is 0 Å². The lowest BCUT2D eigenvalue weighted by Gasteiger charge is -2.47. The highest BCUT2D eigenvalue weighted by atomic mass is 28.3. The number of hydrogen-bond donors (Lipinski definition) is 0. The summed E-state index contributed by atoms with van der Waals surface area (Å²) >= 11 is 0. The van der Waals surface area contributed by atoms with Crippen LogP contribution in [0.3, 0.4) is 0 Å². The van der Waals surface area contributed by atoms with Crippen LogP contribution in [0.4, 0.5) is 0 Å². The van der Waals surface area contributed by atoms with E-state index in [2.05, 4.69) is 37.2 Å². The minimum Gasteiger partial charge on any atom is -0.347 e. The third kappa shape index (κ3) is 1.99. The molecule has 0 aromatic rings. The molecule has 0 unspecified atom stereocenters. The van der Waals surface area contributed by atoms with Crippen molar-refractivity contribution in [2.45, 2.75) is 38.3 Å². The van der Waals surface area contributed by atoms with Crippen molar-refractivity contribution in [3.63, 3.8) is 0 Å². The Kier molecular flexibility index (Phi) is 2.52. The van der Waals surface area contributed by atoms with Crippen molar-refractivity contribution in [1.29, 1.82) is 0 Å². The average molecular weight is 248 g/mol. The monoisotopic (exact) mass is 248 g/mol. The van der Waals surface area contributed by atoms with E-state index in [0.29, 0.717) is 5.92 Å². The quantitative estimate of drug-likeness (QED) is 0.484. The molecule has 0 aromatic heterocycles. The maximum atomic E-state index is 5.78. The van der Waals surface area contributed by atoms with Crippen molar-refractivity contribution >= 4 is 8.07 Å². The third-order valence-corrected chi connectivity index (χ3v) is 4.67. The molecule has 2 aliphatic carbocycles. The van der Waals surface area contributed by atoms with Gasteiger partial charge in [-0.05, 0) is 17.9 Å². The van der Waals surface area contributed by atoms with E-state index in [1.54, 1.807) is 0 Å². The Morgan fingerprint density at radius 3 is 2.65 bits per heavy atom. The van der Waals surface area contributed by atoms with Crippen LogP contribution in [0.25, 0.3) is 0 Å². The third-order valence-electron chi connectivity index (χ3n) is 3.80. The summed E-state index contributed by atoms with van der Waals surface area (Å²) in [6.07, 6.45) is 4.51. The average Bonchev–Trinajstić information content (AvgIpc) is 2.79. The zero-order valence-corrected chi connectivity index (χ0v) is 11.9. The Hall–Kier alpha value is -0.563. The highest BCUT2D eigenvalue weighted by molar-refractivity contribution is 6.83. The molecule has 3 rings (SSSR count). The van der Waals surface area contributed by atoms with Crippen molar-refractivity contribution in [2.75, 3.05) is 13.2 Å². The SMILES string of the molecule is C[Si](C)(C)C#CC1=C[C@@H]2[C@H](C1)CC21OCCO1. The fourth-order valence-corrected chi connectivity index (χ4v) is 3.53. The molecule has 1 saturated heterocycles. The largest absolute Gasteiger partial charge is 0.347 e. The van der Waals surface area contributed by atoms with Gasteiger partial charge < -0.3 is 9.47 Å². The van der Waals surface area contributed by atoms with E-state index < -0.39 is 8.07 Å². The number of allylic oxidation sites excluding steroid dienone is 1. The first-order valence-corrected chi connectivity index (χ1v) is 10.0. The lowest BCUT2D eigenvalue weighted by molar-refractivity contribution is -0.257. The van der Waals surface area contributed by atoms with Crippen LogP contribution in [0.15, 0.2) is 11.6 Å². The highest BCUT2D eigenvalue weighted by Gasteiger charge is 2.59. The van der Waals surface area contributed by atoms with Gasteiger partial charge in [-0.2, -0.15) is 0 Å². The van der Waals surface area contributed by atoms with E-state index in [9.17, 15) is 0 Å². The van der Waals surface area contributed by atoms with Crippen molar-refractivity contribution in [3.05, 3.63) is 11.6 Å². The van der Waals surface area contributed by atoms with Gasteiger partial charge in [-0.3, -0.25) is 0 Å². The van der Waals surface area contributed by atoms with E-state index in [4.69, 9.17) is 9.47 Å². The second-order valence-electron chi connectivity index (χ2n) is 6.39. The summed E-state index contributed by atoms with van der Waals surface area (Å²) in [6, 6.07) is 0. The molecule has 3 heteroatoms. The minimum atomic E-state index is -1.25. The molecule has 1 saturated carbocycles. The molecule has 2 fully saturated rings. The van der Waals surface area contributed by atoms with Gasteiger partial charge in [0.1, 0.15) is 8.07 Å². The zero-order chi connectivity index (χ0) is 12.1. The minimum absolute atomic E-state index is 0.257. The van der Waals surface area contributed by atoms with Gasteiger partial charge >= 0.3 is 0 Å². The van der Waals surface area contributed by atoms with Gasteiger partial charge in [-0.15, -0.1) is 5.54 Å². The molecule has 0 radical (unpaired) electrons. The molecular formula is C14H20O2Si. The summed E-state index contributed by atoms with van der Waals surface area (Å²) in [5.41, 5.74) is 4.77. The molecule has 0 aromatic carbocycles. The van der Waals surface area contributed by atoms with E-state index in [0.717, 1.165) is 32.0 Å². The smallest absolute Gasteiger partial charge is 0.175 e. The van der Waals surface area contributed by atoms with Gasteiger partial charge in [0, 0.05) is 12.3 Å². The van der Waals surface area contributed by atoms with Gasteiger partial charge in [0.15, 0.2) is 5.79 Å². The predicted molar refractivity (Wildman–Crippen MR) is 70.1 cm³/mol. The molecule has 2 nitrogen and oxygen atoms in total. The maximum Gasteiger partial charge on any atom is 0.175 e. The van der Waals surface area contributed by atoms with Crippen LogP contribution in [0.1, 0.15) is 12.8 Å². The standard InChI is InChI=1S/C14H20O2Si/c1-17(2,3)7-4-11-8-12-10-14(13(12)9-11)15-5-6-16-14/h9,12-13H,5-6,8,10H2,1-3H3/t12-,13-/m1/s1. The van der Waals surface area contributed by atoms with Gasteiger partial charge in [-0.25, -0.2) is 0 Å². The van der Waals surface area contributed by atoms with Crippen molar-refractivity contribution in [3.8, 4) is 11.5 Å². The molecule has 92 valence electrons. The predicted octanol–water partition coefficient (Wildman–Crippen LogP) is 2.58. The Bertz CT molecular complexity index is 416. The fraction of sp³-hybridized carbons (Fsp3) is 0.714. The zero-order valence-electron chi connectivity index (χ0n) is 10.9. The normalized spacial score (nSPS) is 33.7. The molecule has 3 aliphatic rings. The van der Waals surface area contributed by atoms with Crippen LogP contribution in [0, 0.1) is 23.3 Å². The summed E-state index contributed by atoms with van der Waals surface area (Å²) in [5, 5.41) is 0. The van der Waals surface area contributed by atoms with Crippen LogP contribution in [0.2, 0.25) is 19.6 Å². The van der Waals surface area contributed by atoms with Gasteiger partial charge in [0.05, 0.1) is 13.2 Å². The highest BCUT2D eigenvalue weighted by Crippen LogP contribution is 2.56. The van der Waals surface area contributed by atoms with E-state index in [1.807, 2.05) is 0 Å². The first kappa shape index (κ1) is 11.5. The molecule has 1 aliphatic heterocycles. The first-order valence-electron chi connectivity index (χ1n) is 6.50. The molecule has 2 atom stereocenters. The maximum absolute atomic E-state index is 5.78. The lowest BCUT2D eigenvalue weighted by atomic mass is 9.70. The van der Waals surface area contributed by atoms with Crippen molar-refractivity contribution < 1.29 is 9.47 Å². The molecule has 0 amide bonds. The molecule has 1 heterocycles. The van der Waals surface area contributed by atoms with Gasteiger partial charge in [-0.1, -0.05) is 31.6 Å². The summed E-state index contributed by atoms with van der Waals surface area (Å²) < 4.78 is 11.6. The molecular weight excluding hydrogens is 228 g/mol. The Labute approximate surface area is 104 Å². The number of fused-ring (bicyclic) bond motifs is 2. The number of ether oxygens (including phenoxy) is 2. The summed E-state index contributed by atoms with van der Waals surface area (Å²) in [6.45, 7) is 8.37. The molecule has 0 N–H and O–H groups in total. The second-order valence-corrected chi connectivity index (χ2v) is 11.1. The summed E-state index contributed by atoms with van der Waals surface area (Å²) in [4.78, 5) is 0. The number of rotatable bonds is 0. The summed E-state index contributed by atoms with van der Waals surface area (Å²) in [5.74, 6) is 4.32. The fourth-order valence-electron chi connectivity index (χ4n) is 3.00. The Morgan fingerprint density at radius 2 is 2.00 bits per heavy atom. The first-order chi connectivity index (χ1) is 7.99. The van der Waals surface area contributed by atoms with Crippen LogP contribution in [-0.4, -0.2) is 27.1 Å². The second kappa shape index (κ2) is 3.71. The van der Waals surface area contributed by atoms with Crippen LogP contribution in [0.5, 0.6) is 0 Å². The number of hydrogen-bond acceptors (Lipinski definition) is 2. The van der Waals surface area contributed by atoms with Gasteiger partial charge in [0.25, 0.3) is 0 Å². The topological polar surface area (TPSA) is 18.5 Å². The van der Waals surface area contributed by atoms with E-state index in [-0.39, 0.29) is 5.79 Å². The van der Waals surface area contributed by atoms with Crippen LogP contribution >= 0.6 is 0 Å². The van der Waals surface area contributed by atoms with Crippen LogP contribution < -0.4 is 0 Å². The van der Waals surface area contributed by atoms with Crippen molar-refractivity contribution in [2.24, 2.45) is 11.8 Å². The Balaban J connectivity index is 1.74.